The van der Waals surface area contributed by atoms with Gasteiger partial charge in [-0.3, -0.25) is 0 Å². The minimum atomic E-state index is 0.845. The van der Waals surface area contributed by atoms with Gasteiger partial charge in [-0.05, 0) is 57.7 Å². The summed E-state index contributed by atoms with van der Waals surface area (Å²) in [5.74, 6) is 1.86. The maximum absolute atomic E-state index is 5.63. The number of aryl methyl sites for hydroxylation is 1. The lowest BCUT2D eigenvalue weighted by Gasteiger charge is -2.12. The quantitative estimate of drug-likeness (QED) is 0.621. The number of rotatable bonds is 6. The van der Waals surface area contributed by atoms with Crippen LogP contribution in [0.15, 0.2) is 34.4 Å². The standard InChI is InChI=1S/C17H22N2OS/c1-13-7-8-15(20-13)16-11-19-17(21-16)12-18-10-9-14-5-3-2-4-6-14/h5,7-8,11,18H,2-4,6,9-10,12H2,1H3. The number of hydrogen-bond acceptors (Lipinski definition) is 4. The monoisotopic (exact) mass is 302 g/mol. The molecule has 21 heavy (non-hydrogen) atoms. The van der Waals surface area contributed by atoms with E-state index in [0.29, 0.717) is 0 Å². The first-order valence-corrected chi connectivity index (χ1v) is 8.53. The van der Waals surface area contributed by atoms with Gasteiger partial charge in [-0.25, -0.2) is 4.98 Å². The highest BCUT2D eigenvalue weighted by atomic mass is 32.1. The van der Waals surface area contributed by atoms with E-state index in [4.69, 9.17) is 4.42 Å². The second kappa shape index (κ2) is 7.05. The molecule has 2 heterocycles. The van der Waals surface area contributed by atoms with Gasteiger partial charge in [0.2, 0.25) is 0 Å². The number of nitrogens with one attached hydrogen (secondary N) is 1. The molecule has 2 aromatic heterocycles. The minimum Gasteiger partial charge on any atom is -0.460 e. The second-order valence-corrected chi connectivity index (χ2v) is 6.68. The van der Waals surface area contributed by atoms with Gasteiger partial charge >= 0.3 is 0 Å². The number of thiazole rings is 1. The summed E-state index contributed by atoms with van der Waals surface area (Å²) in [5, 5.41) is 4.62. The van der Waals surface area contributed by atoms with Gasteiger partial charge in [0.25, 0.3) is 0 Å². The summed E-state index contributed by atoms with van der Waals surface area (Å²) in [6, 6.07) is 4.00. The lowest BCUT2D eigenvalue weighted by atomic mass is 9.97. The van der Waals surface area contributed by atoms with Crippen molar-refractivity contribution in [2.24, 2.45) is 0 Å². The maximum Gasteiger partial charge on any atom is 0.145 e. The molecule has 0 amide bonds. The fourth-order valence-electron chi connectivity index (χ4n) is 2.65. The van der Waals surface area contributed by atoms with Crippen LogP contribution in [0.25, 0.3) is 10.6 Å². The highest BCUT2D eigenvalue weighted by Crippen LogP contribution is 2.27. The summed E-state index contributed by atoms with van der Waals surface area (Å²) >= 11 is 1.70. The van der Waals surface area contributed by atoms with Crippen molar-refractivity contribution in [1.82, 2.24) is 10.3 Å². The van der Waals surface area contributed by atoms with E-state index in [-0.39, 0.29) is 0 Å². The topological polar surface area (TPSA) is 38.1 Å². The normalized spacial score (nSPS) is 15.2. The first-order valence-electron chi connectivity index (χ1n) is 7.71. The van der Waals surface area contributed by atoms with Crippen LogP contribution in [0.4, 0.5) is 0 Å². The molecule has 1 N–H and O–H groups in total. The fraction of sp³-hybridized carbons (Fsp3) is 0.471. The lowest BCUT2D eigenvalue weighted by molar-refractivity contribution is 0.549. The van der Waals surface area contributed by atoms with Crippen molar-refractivity contribution in [3.8, 4) is 10.6 Å². The molecule has 0 radical (unpaired) electrons. The second-order valence-electron chi connectivity index (χ2n) is 5.56. The zero-order chi connectivity index (χ0) is 14.5. The highest BCUT2D eigenvalue weighted by Gasteiger charge is 2.08. The van der Waals surface area contributed by atoms with Crippen molar-refractivity contribution >= 4 is 11.3 Å². The summed E-state index contributed by atoms with van der Waals surface area (Å²) in [6.07, 6.45) is 10.8. The van der Waals surface area contributed by atoms with Gasteiger partial charge in [-0.2, -0.15) is 0 Å². The Morgan fingerprint density at radius 1 is 1.33 bits per heavy atom. The number of furan rings is 1. The molecule has 1 aliphatic rings. The summed E-state index contributed by atoms with van der Waals surface area (Å²) < 4.78 is 5.63. The predicted octanol–water partition coefficient (Wildman–Crippen LogP) is 4.69. The van der Waals surface area contributed by atoms with E-state index in [1.807, 2.05) is 25.3 Å². The molecule has 0 spiro atoms. The molecular formula is C17H22N2OS. The SMILES string of the molecule is Cc1ccc(-c2cnc(CNCCC3=CCCCC3)s2)o1. The molecule has 112 valence electrons. The van der Waals surface area contributed by atoms with Crippen molar-refractivity contribution in [1.29, 1.82) is 0 Å². The smallest absolute Gasteiger partial charge is 0.145 e. The molecule has 0 fully saturated rings. The van der Waals surface area contributed by atoms with Gasteiger partial charge < -0.3 is 9.73 Å². The molecule has 0 aliphatic heterocycles. The third-order valence-electron chi connectivity index (χ3n) is 3.82. The number of allylic oxidation sites excluding steroid dienone is 1. The van der Waals surface area contributed by atoms with Crippen molar-refractivity contribution in [3.05, 3.63) is 40.7 Å². The van der Waals surface area contributed by atoms with Gasteiger partial charge in [0.15, 0.2) is 0 Å². The van der Waals surface area contributed by atoms with Crippen LogP contribution >= 0.6 is 11.3 Å². The van der Waals surface area contributed by atoms with E-state index in [1.165, 1.54) is 32.1 Å². The van der Waals surface area contributed by atoms with Crippen LogP contribution < -0.4 is 5.32 Å². The fourth-order valence-corrected chi connectivity index (χ4v) is 3.50. The molecule has 0 saturated heterocycles. The average molecular weight is 302 g/mol. The average Bonchev–Trinajstić information content (AvgIpc) is 3.13. The minimum absolute atomic E-state index is 0.845. The van der Waals surface area contributed by atoms with Crippen molar-refractivity contribution in [3.63, 3.8) is 0 Å². The van der Waals surface area contributed by atoms with Crippen LogP contribution in [0, 0.1) is 6.92 Å². The molecular weight excluding hydrogens is 280 g/mol. The van der Waals surface area contributed by atoms with Crippen LogP contribution in [-0.4, -0.2) is 11.5 Å². The Balaban J connectivity index is 1.45. The van der Waals surface area contributed by atoms with Crippen LogP contribution in [0.1, 0.15) is 42.9 Å². The van der Waals surface area contributed by atoms with E-state index in [0.717, 1.165) is 34.5 Å². The maximum atomic E-state index is 5.63. The molecule has 2 aromatic rings. The van der Waals surface area contributed by atoms with Crippen molar-refractivity contribution in [2.75, 3.05) is 6.54 Å². The van der Waals surface area contributed by atoms with Gasteiger partial charge in [0.1, 0.15) is 16.5 Å². The van der Waals surface area contributed by atoms with E-state index >= 15 is 0 Å². The molecule has 0 bridgehead atoms. The van der Waals surface area contributed by atoms with Gasteiger partial charge in [-0.15, -0.1) is 11.3 Å². The van der Waals surface area contributed by atoms with E-state index < -0.39 is 0 Å². The third-order valence-corrected chi connectivity index (χ3v) is 4.83. The Kier molecular flexibility index (Phi) is 4.88. The van der Waals surface area contributed by atoms with Crippen molar-refractivity contribution < 1.29 is 4.42 Å². The van der Waals surface area contributed by atoms with Crippen LogP contribution in [0.2, 0.25) is 0 Å². The lowest BCUT2D eigenvalue weighted by Crippen LogP contribution is -2.15. The Bertz CT molecular complexity index is 612. The first-order chi connectivity index (χ1) is 10.3. The Morgan fingerprint density at radius 3 is 3.05 bits per heavy atom. The number of nitrogens with zero attached hydrogens (tertiary/aromatic N) is 1. The largest absolute Gasteiger partial charge is 0.460 e. The Morgan fingerprint density at radius 2 is 2.29 bits per heavy atom. The molecule has 1 aliphatic carbocycles. The van der Waals surface area contributed by atoms with Gasteiger partial charge in [-0.1, -0.05) is 11.6 Å². The summed E-state index contributed by atoms with van der Waals surface area (Å²) in [6.45, 7) is 3.85. The number of aromatic nitrogens is 1. The Labute approximate surface area is 130 Å². The van der Waals surface area contributed by atoms with Crippen LogP contribution in [0.5, 0.6) is 0 Å². The van der Waals surface area contributed by atoms with Gasteiger partial charge in [0.05, 0.1) is 4.88 Å². The summed E-state index contributed by atoms with van der Waals surface area (Å²) in [5.41, 5.74) is 1.62. The molecule has 3 nitrogen and oxygen atoms in total. The molecule has 0 aromatic carbocycles. The molecule has 3 rings (SSSR count). The molecule has 0 saturated carbocycles. The molecule has 0 atom stereocenters. The summed E-state index contributed by atoms with van der Waals surface area (Å²) in [7, 11) is 0. The highest BCUT2D eigenvalue weighted by molar-refractivity contribution is 7.15. The predicted molar refractivity (Wildman–Crippen MR) is 87.4 cm³/mol. The van der Waals surface area contributed by atoms with E-state index in [9.17, 15) is 0 Å². The first kappa shape index (κ1) is 14.5. The zero-order valence-corrected chi connectivity index (χ0v) is 13.3. The summed E-state index contributed by atoms with van der Waals surface area (Å²) in [4.78, 5) is 5.57. The molecule has 0 unspecified atom stereocenters. The van der Waals surface area contributed by atoms with Gasteiger partial charge in [0, 0.05) is 12.7 Å². The van der Waals surface area contributed by atoms with Crippen LogP contribution in [-0.2, 0) is 6.54 Å². The molecule has 4 heteroatoms. The van der Waals surface area contributed by atoms with E-state index in [1.54, 1.807) is 16.9 Å². The number of hydrogen-bond donors (Lipinski definition) is 1. The van der Waals surface area contributed by atoms with Crippen molar-refractivity contribution in [2.45, 2.75) is 45.6 Å². The third kappa shape index (κ3) is 4.05. The zero-order valence-electron chi connectivity index (χ0n) is 12.5. The van der Waals surface area contributed by atoms with Crippen LogP contribution in [0.3, 0.4) is 0 Å². The Hall–Kier alpha value is -1.39. The van der Waals surface area contributed by atoms with E-state index in [2.05, 4.69) is 16.4 Å².